The zero-order valence-electron chi connectivity index (χ0n) is 16.3. The Kier molecular flexibility index (Phi) is 6.82. The molecule has 1 heterocycles. The number of halogens is 1. The highest BCUT2D eigenvalue weighted by molar-refractivity contribution is 7.98. The second kappa shape index (κ2) is 9.52. The van der Waals surface area contributed by atoms with Gasteiger partial charge < -0.3 is 10.3 Å². The van der Waals surface area contributed by atoms with E-state index in [2.05, 4.69) is 15.3 Å². The van der Waals surface area contributed by atoms with Crippen LogP contribution in [0.5, 0.6) is 0 Å². The Balaban J connectivity index is 1.61. The lowest BCUT2D eigenvalue weighted by Gasteiger charge is -2.10. The zero-order chi connectivity index (χ0) is 20.8. The highest BCUT2D eigenvalue weighted by atomic mass is 32.2. The predicted octanol–water partition coefficient (Wildman–Crippen LogP) is 4.39. The molecule has 3 rings (SSSR count). The summed E-state index contributed by atoms with van der Waals surface area (Å²) in [6, 6.07) is 14.2. The SMILES string of the molecule is Cc1ccc(F)cc1NC(=O)CCc1c(C)nc(SCc2ccccc2)[nH]c1=O. The van der Waals surface area contributed by atoms with Crippen LogP contribution in [-0.2, 0) is 17.0 Å². The van der Waals surface area contributed by atoms with Gasteiger partial charge in [-0.3, -0.25) is 9.59 Å². The molecule has 0 spiro atoms. The third kappa shape index (κ3) is 5.77. The van der Waals surface area contributed by atoms with Crippen molar-refractivity contribution < 1.29 is 9.18 Å². The minimum Gasteiger partial charge on any atom is -0.326 e. The summed E-state index contributed by atoms with van der Waals surface area (Å²) in [6.45, 7) is 3.56. The molecule has 0 atom stereocenters. The van der Waals surface area contributed by atoms with E-state index in [9.17, 15) is 14.0 Å². The lowest BCUT2D eigenvalue weighted by atomic mass is 10.1. The van der Waals surface area contributed by atoms with Crippen molar-refractivity contribution >= 4 is 23.4 Å². The monoisotopic (exact) mass is 411 g/mol. The molecule has 0 radical (unpaired) electrons. The number of aromatic nitrogens is 2. The number of thioether (sulfide) groups is 1. The van der Waals surface area contributed by atoms with Crippen molar-refractivity contribution in [2.75, 3.05) is 5.32 Å². The molecule has 2 N–H and O–H groups in total. The van der Waals surface area contributed by atoms with Gasteiger partial charge in [-0.2, -0.15) is 0 Å². The molecule has 150 valence electrons. The van der Waals surface area contributed by atoms with Crippen LogP contribution < -0.4 is 10.9 Å². The van der Waals surface area contributed by atoms with Gasteiger partial charge in [0.05, 0.1) is 0 Å². The summed E-state index contributed by atoms with van der Waals surface area (Å²) in [5, 5.41) is 3.25. The Morgan fingerprint density at radius 3 is 2.66 bits per heavy atom. The van der Waals surface area contributed by atoms with Crippen LogP contribution in [-0.4, -0.2) is 15.9 Å². The molecule has 2 aromatic carbocycles. The number of amides is 1. The van der Waals surface area contributed by atoms with Gasteiger partial charge in [-0.05, 0) is 43.5 Å². The summed E-state index contributed by atoms with van der Waals surface area (Å²) >= 11 is 1.46. The van der Waals surface area contributed by atoms with E-state index in [1.54, 1.807) is 19.9 Å². The van der Waals surface area contributed by atoms with E-state index in [1.807, 2.05) is 30.3 Å². The van der Waals surface area contributed by atoms with Crippen LogP contribution in [0, 0.1) is 19.7 Å². The predicted molar refractivity (Wildman–Crippen MR) is 114 cm³/mol. The van der Waals surface area contributed by atoms with Gasteiger partial charge in [0.25, 0.3) is 5.56 Å². The molecule has 1 amide bonds. The van der Waals surface area contributed by atoms with Gasteiger partial charge in [-0.1, -0.05) is 48.2 Å². The maximum absolute atomic E-state index is 13.4. The van der Waals surface area contributed by atoms with Crippen molar-refractivity contribution in [1.29, 1.82) is 0 Å². The molecule has 0 fully saturated rings. The number of rotatable bonds is 7. The van der Waals surface area contributed by atoms with E-state index in [4.69, 9.17) is 0 Å². The minimum atomic E-state index is -0.411. The minimum absolute atomic E-state index is 0.109. The summed E-state index contributed by atoms with van der Waals surface area (Å²) in [6.07, 6.45) is 0.371. The van der Waals surface area contributed by atoms with Crippen molar-refractivity contribution in [3.63, 3.8) is 0 Å². The van der Waals surface area contributed by atoms with Gasteiger partial charge in [0.2, 0.25) is 5.91 Å². The second-order valence-corrected chi connectivity index (χ2v) is 7.68. The molecule has 0 aliphatic rings. The van der Waals surface area contributed by atoms with E-state index in [1.165, 1.54) is 23.9 Å². The van der Waals surface area contributed by atoms with Crippen molar-refractivity contribution in [1.82, 2.24) is 9.97 Å². The standard InChI is InChI=1S/C22H22FN3O2S/c1-14-8-9-17(23)12-19(14)25-20(27)11-10-18-15(2)24-22(26-21(18)28)29-13-16-6-4-3-5-7-16/h3-9,12H,10-11,13H2,1-2H3,(H,25,27)(H,24,26,28). The molecule has 3 aromatic rings. The fraction of sp³-hybridized carbons (Fsp3) is 0.227. The number of hydrogen-bond donors (Lipinski definition) is 2. The largest absolute Gasteiger partial charge is 0.326 e. The first-order chi connectivity index (χ1) is 13.9. The molecule has 0 saturated carbocycles. The Bertz CT molecular complexity index is 1070. The summed E-state index contributed by atoms with van der Waals surface area (Å²) in [4.78, 5) is 31.9. The van der Waals surface area contributed by atoms with Crippen LogP contribution in [0.25, 0.3) is 0 Å². The lowest BCUT2D eigenvalue weighted by Crippen LogP contribution is -2.20. The maximum atomic E-state index is 13.4. The quantitative estimate of drug-likeness (QED) is 0.447. The molecule has 5 nitrogen and oxygen atoms in total. The Labute approximate surface area is 172 Å². The number of aryl methyl sites for hydroxylation is 2. The van der Waals surface area contributed by atoms with Crippen LogP contribution in [0.15, 0.2) is 58.5 Å². The number of anilines is 1. The van der Waals surface area contributed by atoms with Gasteiger partial charge in [0.1, 0.15) is 5.82 Å². The maximum Gasteiger partial charge on any atom is 0.254 e. The molecule has 0 saturated heterocycles. The summed E-state index contributed by atoms with van der Waals surface area (Å²) < 4.78 is 13.4. The van der Waals surface area contributed by atoms with E-state index in [0.717, 1.165) is 11.1 Å². The molecule has 29 heavy (non-hydrogen) atoms. The second-order valence-electron chi connectivity index (χ2n) is 6.72. The molecule has 1 aromatic heterocycles. The van der Waals surface area contributed by atoms with Crippen LogP contribution >= 0.6 is 11.8 Å². The Morgan fingerprint density at radius 1 is 1.17 bits per heavy atom. The Morgan fingerprint density at radius 2 is 1.93 bits per heavy atom. The molecule has 0 bridgehead atoms. The van der Waals surface area contributed by atoms with E-state index in [-0.39, 0.29) is 24.3 Å². The number of H-pyrrole nitrogens is 1. The molecular formula is C22H22FN3O2S. The van der Waals surface area contributed by atoms with E-state index < -0.39 is 5.82 Å². The third-order valence-electron chi connectivity index (χ3n) is 4.49. The number of nitrogens with zero attached hydrogens (tertiary/aromatic N) is 1. The van der Waals surface area contributed by atoms with Gasteiger partial charge in [0.15, 0.2) is 5.16 Å². The summed E-state index contributed by atoms with van der Waals surface area (Å²) in [5.74, 6) is 0.0174. The number of hydrogen-bond acceptors (Lipinski definition) is 4. The van der Waals surface area contributed by atoms with E-state index in [0.29, 0.717) is 27.9 Å². The fourth-order valence-electron chi connectivity index (χ4n) is 2.85. The first-order valence-corrected chi connectivity index (χ1v) is 10.2. The first-order valence-electron chi connectivity index (χ1n) is 9.25. The van der Waals surface area contributed by atoms with E-state index >= 15 is 0 Å². The summed E-state index contributed by atoms with van der Waals surface area (Å²) in [5.41, 5.74) is 3.22. The smallest absolute Gasteiger partial charge is 0.254 e. The average Bonchev–Trinajstić information content (AvgIpc) is 2.69. The van der Waals surface area contributed by atoms with Crippen molar-refractivity contribution in [2.24, 2.45) is 0 Å². The topological polar surface area (TPSA) is 74.8 Å². The number of aromatic amines is 1. The van der Waals surface area contributed by atoms with Crippen LogP contribution in [0.1, 0.15) is 28.8 Å². The fourth-order valence-corrected chi connectivity index (χ4v) is 3.72. The highest BCUT2D eigenvalue weighted by Gasteiger charge is 2.12. The van der Waals surface area contributed by atoms with Gasteiger partial charge >= 0.3 is 0 Å². The van der Waals surface area contributed by atoms with Gasteiger partial charge in [-0.15, -0.1) is 0 Å². The van der Waals surface area contributed by atoms with Gasteiger partial charge in [0, 0.05) is 29.1 Å². The van der Waals surface area contributed by atoms with Crippen LogP contribution in [0.2, 0.25) is 0 Å². The van der Waals surface area contributed by atoms with Crippen LogP contribution in [0.3, 0.4) is 0 Å². The number of carbonyl (C=O) groups excluding carboxylic acids is 1. The number of benzene rings is 2. The van der Waals surface area contributed by atoms with Crippen molar-refractivity contribution in [2.45, 2.75) is 37.6 Å². The molecule has 7 heteroatoms. The Hall–Kier alpha value is -2.93. The lowest BCUT2D eigenvalue weighted by molar-refractivity contribution is -0.116. The molecular weight excluding hydrogens is 389 g/mol. The highest BCUT2D eigenvalue weighted by Crippen LogP contribution is 2.19. The van der Waals surface area contributed by atoms with Gasteiger partial charge in [-0.25, -0.2) is 9.37 Å². The first kappa shape index (κ1) is 20.8. The molecule has 0 aliphatic heterocycles. The van der Waals surface area contributed by atoms with Crippen molar-refractivity contribution in [3.8, 4) is 0 Å². The van der Waals surface area contributed by atoms with Crippen molar-refractivity contribution in [3.05, 3.63) is 87.1 Å². The normalized spacial score (nSPS) is 10.7. The number of carbonyl (C=O) groups is 1. The van der Waals surface area contributed by atoms with Crippen LogP contribution in [0.4, 0.5) is 10.1 Å². The third-order valence-corrected chi connectivity index (χ3v) is 5.44. The molecule has 0 unspecified atom stereocenters. The molecule has 0 aliphatic carbocycles. The summed E-state index contributed by atoms with van der Waals surface area (Å²) in [7, 11) is 0. The zero-order valence-corrected chi connectivity index (χ0v) is 17.1. The average molecular weight is 412 g/mol. The number of nitrogens with one attached hydrogen (secondary N) is 2.